The quantitative estimate of drug-likeness (QED) is 0.500. The number of amides is 4. The van der Waals surface area contributed by atoms with Crippen LogP contribution in [0.3, 0.4) is 0 Å². The van der Waals surface area contributed by atoms with Crippen LogP contribution >= 0.6 is 0 Å². The summed E-state index contributed by atoms with van der Waals surface area (Å²) in [6, 6.07) is 11.9. The van der Waals surface area contributed by atoms with Crippen LogP contribution in [0.2, 0.25) is 0 Å². The van der Waals surface area contributed by atoms with Crippen LogP contribution in [0.15, 0.2) is 59.5 Å². The summed E-state index contributed by atoms with van der Waals surface area (Å²) in [5.41, 5.74) is -0.00401. The summed E-state index contributed by atoms with van der Waals surface area (Å²) in [5.74, 6) is -1.44. The summed E-state index contributed by atoms with van der Waals surface area (Å²) in [5, 5.41) is 9.50. The zero-order valence-corrected chi connectivity index (χ0v) is 19.9. The van der Waals surface area contributed by atoms with E-state index < -0.39 is 45.6 Å². The van der Waals surface area contributed by atoms with Gasteiger partial charge in [-0.3, -0.25) is 14.5 Å². The van der Waals surface area contributed by atoms with E-state index in [0.29, 0.717) is 16.9 Å². The number of carbonyl (C=O) groups excluding carboxylic acids is 3. The number of sulfone groups is 1. The molecule has 1 unspecified atom stereocenters. The highest BCUT2D eigenvalue weighted by molar-refractivity contribution is 7.90. The number of nitrogens with zero attached hydrogens (tertiary/aromatic N) is 3. The minimum atomic E-state index is -3.43. The van der Waals surface area contributed by atoms with Crippen LogP contribution in [-0.2, 0) is 25.0 Å². The summed E-state index contributed by atoms with van der Waals surface area (Å²) < 4.78 is 38.1. The first-order chi connectivity index (χ1) is 16.4. The lowest BCUT2D eigenvalue weighted by Gasteiger charge is -2.22. The van der Waals surface area contributed by atoms with Gasteiger partial charge in [0.05, 0.1) is 16.3 Å². The molecule has 35 heavy (non-hydrogen) atoms. The highest BCUT2D eigenvalue weighted by atomic mass is 32.2. The lowest BCUT2D eigenvalue weighted by atomic mass is 9.92. The summed E-state index contributed by atoms with van der Waals surface area (Å²) >= 11 is 0. The SMILES string of the molecule is Cc1cc(NC(=O)CN2C(=O)NC(C)(c3ccc(S(C)(=O)=O)cc3)C2=O)n(-c2ccc(F)cc2)n1. The molecule has 182 valence electrons. The van der Waals surface area contributed by atoms with Crippen molar-refractivity contribution >= 4 is 33.5 Å². The van der Waals surface area contributed by atoms with E-state index in [1.807, 2.05) is 0 Å². The molecule has 0 radical (unpaired) electrons. The van der Waals surface area contributed by atoms with Gasteiger partial charge in [-0.25, -0.2) is 22.3 Å². The van der Waals surface area contributed by atoms with Gasteiger partial charge in [0.1, 0.15) is 23.7 Å². The van der Waals surface area contributed by atoms with Crippen molar-refractivity contribution in [2.75, 3.05) is 18.1 Å². The number of hydrogen-bond donors (Lipinski definition) is 2. The van der Waals surface area contributed by atoms with Gasteiger partial charge in [0.25, 0.3) is 5.91 Å². The number of benzene rings is 2. The van der Waals surface area contributed by atoms with E-state index in [1.165, 1.54) is 60.1 Å². The first-order valence-corrected chi connectivity index (χ1v) is 12.3. The van der Waals surface area contributed by atoms with Crippen LogP contribution in [0.1, 0.15) is 18.2 Å². The summed E-state index contributed by atoms with van der Waals surface area (Å²) in [6.45, 7) is 2.64. The van der Waals surface area contributed by atoms with Crippen molar-refractivity contribution in [3.05, 3.63) is 71.7 Å². The Hall–Kier alpha value is -4.06. The van der Waals surface area contributed by atoms with E-state index in [4.69, 9.17) is 0 Å². The number of halogens is 1. The number of aromatic nitrogens is 2. The maximum Gasteiger partial charge on any atom is 0.325 e. The predicted octanol–water partition coefficient (Wildman–Crippen LogP) is 2.13. The number of aryl methyl sites for hydroxylation is 1. The van der Waals surface area contributed by atoms with Crippen LogP contribution in [0.5, 0.6) is 0 Å². The topological polar surface area (TPSA) is 130 Å². The molecular formula is C23H22FN5O5S. The molecule has 2 heterocycles. The molecule has 1 aliphatic heterocycles. The van der Waals surface area contributed by atoms with Crippen LogP contribution in [0.4, 0.5) is 15.0 Å². The normalized spacial score (nSPS) is 18.0. The second-order valence-electron chi connectivity index (χ2n) is 8.35. The van der Waals surface area contributed by atoms with Gasteiger partial charge in [0, 0.05) is 12.3 Å². The monoisotopic (exact) mass is 499 g/mol. The third kappa shape index (κ3) is 4.64. The molecule has 3 aromatic rings. The maximum atomic E-state index is 13.3. The number of hydrogen-bond acceptors (Lipinski definition) is 6. The van der Waals surface area contributed by atoms with E-state index in [-0.39, 0.29) is 10.7 Å². The van der Waals surface area contributed by atoms with Crippen LogP contribution in [-0.4, -0.2) is 53.7 Å². The van der Waals surface area contributed by atoms with Gasteiger partial charge in [-0.2, -0.15) is 5.10 Å². The molecule has 1 aromatic heterocycles. The fourth-order valence-electron chi connectivity index (χ4n) is 3.77. The van der Waals surface area contributed by atoms with Gasteiger partial charge in [0.2, 0.25) is 5.91 Å². The van der Waals surface area contributed by atoms with Crippen molar-refractivity contribution in [3.63, 3.8) is 0 Å². The average Bonchev–Trinajstić information content (AvgIpc) is 3.26. The molecule has 12 heteroatoms. The zero-order valence-electron chi connectivity index (χ0n) is 19.1. The highest BCUT2D eigenvalue weighted by Gasteiger charge is 2.49. The average molecular weight is 500 g/mol. The molecule has 0 aliphatic carbocycles. The lowest BCUT2D eigenvalue weighted by molar-refractivity contribution is -0.133. The Kier molecular flexibility index (Phi) is 5.93. The molecule has 1 fully saturated rings. The number of carbonyl (C=O) groups is 3. The van der Waals surface area contributed by atoms with Gasteiger partial charge in [-0.05, 0) is 55.8 Å². The van der Waals surface area contributed by atoms with E-state index >= 15 is 0 Å². The zero-order chi connectivity index (χ0) is 25.5. The molecule has 0 bridgehead atoms. The van der Waals surface area contributed by atoms with Crippen molar-refractivity contribution in [1.82, 2.24) is 20.0 Å². The smallest absolute Gasteiger partial charge is 0.319 e. The van der Waals surface area contributed by atoms with Crippen LogP contribution < -0.4 is 10.6 Å². The van der Waals surface area contributed by atoms with Crippen LogP contribution in [0.25, 0.3) is 5.69 Å². The van der Waals surface area contributed by atoms with Crippen LogP contribution in [0, 0.1) is 12.7 Å². The molecule has 1 aliphatic rings. The predicted molar refractivity (Wildman–Crippen MR) is 124 cm³/mol. The van der Waals surface area contributed by atoms with Gasteiger partial charge in [0.15, 0.2) is 9.84 Å². The first-order valence-electron chi connectivity index (χ1n) is 10.5. The van der Waals surface area contributed by atoms with E-state index in [1.54, 1.807) is 13.0 Å². The Bertz CT molecular complexity index is 1430. The number of rotatable bonds is 6. The van der Waals surface area contributed by atoms with E-state index in [0.717, 1.165) is 11.2 Å². The Morgan fingerprint density at radius 1 is 1.11 bits per heavy atom. The van der Waals surface area contributed by atoms with Crippen molar-refractivity contribution in [3.8, 4) is 5.69 Å². The maximum absolute atomic E-state index is 13.3. The highest BCUT2D eigenvalue weighted by Crippen LogP contribution is 2.29. The molecule has 1 atom stereocenters. The van der Waals surface area contributed by atoms with Crippen molar-refractivity contribution < 1.29 is 27.2 Å². The number of anilines is 1. The number of nitrogens with one attached hydrogen (secondary N) is 2. The molecule has 2 N–H and O–H groups in total. The number of urea groups is 1. The fraction of sp³-hybridized carbons (Fsp3) is 0.217. The second-order valence-corrected chi connectivity index (χ2v) is 10.4. The largest absolute Gasteiger partial charge is 0.325 e. The van der Waals surface area contributed by atoms with Crippen molar-refractivity contribution in [2.45, 2.75) is 24.3 Å². The minimum absolute atomic E-state index is 0.0749. The van der Waals surface area contributed by atoms with E-state index in [2.05, 4.69) is 15.7 Å². The number of imide groups is 1. The fourth-order valence-corrected chi connectivity index (χ4v) is 4.40. The first kappa shape index (κ1) is 24.1. The third-order valence-electron chi connectivity index (χ3n) is 5.61. The van der Waals surface area contributed by atoms with E-state index in [9.17, 15) is 27.2 Å². The van der Waals surface area contributed by atoms with Crippen molar-refractivity contribution in [1.29, 1.82) is 0 Å². The lowest BCUT2D eigenvalue weighted by Crippen LogP contribution is -2.42. The molecule has 2 aromatic carbocycles. The van der Waals surface area contributed by atoms with Gasteiger partial charge in [-0.1, -0.05) is 12.1 Å². The molecular weight excluding hydrogens is 477 g/mol. The molecule has 0 spiro atoms. The third-order valence-corrected chi connectivity index (χ3v) is 6.74. The molecule has 10 nitrogen and oxygen atoms in total. The minimum Gasteiger partial charge on any atom is -0.319 e. The molecule has 0 saturated carbocycles. The summed E-state index contributed by atoms with van der Waals surface area (Å²) in [4.78, 5) is 39.3. The molecule has 4 amide bonds. The van der Waals surface area contributed by atoms with Gasteiger partial charge in [-0.15, -0.1) is 0 Å². The second kappa shape index (κ2) is 8.62. The Balaban J connectivity index is 1.52. The van der Waals surface area contributed by atoms with Gasteiger partial charge >= 0.3 is 6.03 Å². The Labute approximate surface area is 200 Å². The summed E-state index contributed by atoms with van der Waals surface area (Å²) in [7, 11) is -3.43. The molecule has 4 rings (SSSR count). The summed E-state index contributed by atoms with van der Waals surface area (Å²) in [6.07, 6.45) is 1.07. The standard InChI is InChI=1S/C23H22FN5O5S/c1-14-12-19(29(27-14)17-8-6-16(24)7-9-17)25-20(30)13-28-21(31)23(2,26-22(28)32)15-4-10-18(11-5-15)35(3,33)34/h4-12H,13H2,1-3H3,(H,25,30)(H,26,32). The Morgan fingerprint density at radius 3 is 2.34 bits per heavy atom. The van der Waals surface area contributed by atoms with Crippen molar-refractivity contribution in [2.24, 2.45) is 0 Å². The van der Waals surface area contributed by atoms with Gasteiger partial charge < -0.3 is 10.6 Å². The molecule has 1 saturated heterocycles. The Morgan fingerprint density at radius 2 is 1.74 bits per heavy atom.